The molecule has 0 aromatic carbocycles. The maximum absolute atomic E-state index is 4.37. The SMILES string of the molecule is CCCC(C)Nc1ncc(C)c(C)n1. The monoisotopic (exact) mass is 193 g/mol. The van der Waals surface area contributed by atoms with Crippen LogP contribution in [0.25, 0.3) is 0 Å². The van der Waals surface area contributed by atoms with E-state index in [-0.39, 0.29) is 0 Å². The van der Waals surface area contributed by atoms with Crippen LogP contribution in [0.5, 0.6) is 0 Å². The topological polar surface area (TPSA) is 37.8 Å². The van der Waals surface area contributed by atoms with Crippen molar-refractivity contribution in [2.24, 2.45) is 0 Å². The number of hydrogen-bond donors (Lipinski definition) is 1. The second kappa shape index (κ2) is 4.94. The van der Waals surface area contributed by atoms with E-state index in [1.54, 1.807) is 0 Å². The van der Waals surface area contributed by atoms with Gasteiger partial charge in [0, 0.05) is 17.9 Å². The van der Waals surface area contributed by atoms with Gasteiger partial charge in [-0.2, -0.15) is 0 Å². The number of hydrogen-bond acceptors (Lipinski definition) is 3. The number of nitrogens with zero attached hydrogens (tertiary/aromatic N) is 2. The van der Waals surface area contributed by atoms with E-state index in [4.69, 9.17) is 0 Å². The second-order valence-corrected chi connectivity index (χ2v) is 3.80. The molecule has 1 N–H and O–H groups in total. The van der Waals surface area contributed by atoms with E-state index in [0.29, 0.717) is 6.04 Å². The van der Waals surface area contributed by atoms with Crippen molar-refractivity contribution in [3.8, 4) is 0 Å². The maximum Gasteiger partial charge on any atom is 0.223 e. The molecule has 1 aromatic rings. The van der Waals surface area contributed by atoms with Crippen LogP contribution < -0.4 is 5.32 Å². The Morgan fingerprint density at radius 2 is 2.14 bits per heavy atom. The molecule has 0 amide bonds. The molecule has 0 saturated carbocycles. The average molecular weight is 193 g/mol. The van der Waals surface area contributed by atoms with Gasteiger partial charge in [-0.1, -0.05) is 13.3 Å². The Morgan fingerprint density at radius 1 is 1.43 bits per heavy atom. The third kappa shape index (κ3) is 2.98. The van der Waals surface area contributed by atoms with Crippen LogP contribution in [0.4, 0.5) is 5.95 Å². The molecule has 14 heavy (non-hydrogen) atoms. The van der Waals surface area contributed by atoms with Crippen molar-refractivity contribution in [1.29, 1.82) is 0 Å². The first-order valence-corrected chi connectivity index (χ1v) is 5.20. The predicted molar refractivity (Wildman–Crippen MR) is 59.5 cm³/mol. The van der Waals surface area contributed by atoms with Crippen molar-refractivity contribution in [2.45, 2.75) is 46.6 Å². The fourth-order valence-electron chi connectivity index (χ4n) is 1.32. The standard InChI is InChI=1S/C11H19N3/c1-5-6-9(3)13-11-12-7-8(2)10(4)14-11/h7,9H,5-6H2,1-4H3,(H,12,13,14). The van der Waals surface area contributed by atoms with Crippen molar-refractivity contribution in [1.82, 2.24) is 9.97 Å². The summed E-state index contributed by atoms with van der Waals surface area (Å²) in [5.74, 6) is 0.744. The summed E-state index contributed by atoms with van der Waals surface area (Å²) in [5, 5.41) is 3.29. The Balaban J connectivity index is 2.63. The van der Waals surface area contributed by atoms with Crippen molar-refractivity contribution in [3.05, 3.63) is 17.5 Å². The largest absolute Gasteiger partial charge is 0.352 e. The van der Waals surface area contributed by atoms with Crippen LogP contribution in [-0.2, 0) is 0 Å². The lowest BCUT2D eigenvalue weighted by atomic mass is 10.2. The molecule has 3 nitrogen and oxygen atoms in total. The summed E-state index contributed by atoms with van der Waals surface area (Å²) in [6, 6.07) is 0.446. The van der Waals surface area contributed by atoms with Gasteiger partial charge in [0.05, 0.1) is 0 Å². The Morgan fingerprint density at radius 3 is 2.71 bits per heavy atom. The van der Waals surface area contributed by atoms with E-state index in [9.17, 15) is 0 Å². The smallest absolute Gasteiger partial charge is 0.223 e. The lowest BCUT2D eigenvalue weighted by Crippen LogP contribution is -2.16. The summed E-state index contributed by atoms with van der Waals surface area (Å²) in [6.45, 7) is 8.36. The zero-order valence-corrected chi connectivity index (χ0v) is 9.46. The summed E-state index contributed by atoms with van der Waals surface area (Å²) in [4.78, 5) is 8.61. The molecule has 0 bridgehead atoms. The molecule has 1 aromatic heterocycles. The molecule has 0 radical (unpaired) electrons. The van der Waals surface area contributed by atoms with Gasteiger partial charge in [-0.3, -0.25) is 0 Å². The summed E-state index contributed by atoms with van der Waals surface area (Å²) in [7, 11) is 0. The zero-order chi connectivity index (χ0) is 10.6. The highest BCUT2D eigenvalue weighted by Crippen LogP contribution is 2.08. The normalized spacial score (nSPS) is 12.6. The van der Waals surface area contributed by atoms with Gasteiger partial charge in [-0.15, -0.1) is 0 Å². The number of anilines is 1. The molecule has 1 heterocycles. The van der Waals surface area contributed by atoms with Crippen LogP contribution >= 0.6 is 0 Å². The Labute approximate surface area is 86.0 Å². The molecule has 0 aliphatic rings. The van der Waals surface area contributed by atoms with Crippen LogP contribution in [0, 0.1) is 13.8 Å². The van der Waals surface area contributed by atoms with Gasteiger partial charge in [0.25, 0.3) is 0 Å². The molecular weight excluding hydrogens is 174 g/mol. The summed E-state index contributed by atoms with van der Waals surface area (Å²) >= 11 is 0. The fourth-order valence-corrected chi connectivity index (χ4v) is 1.32. The number of nitrogens with one attached hydrogen (secondary N) is 1. The van der Waals surface area contributed by atoms with E-state index < -0.39 is 0 Å². The zero-order valence-electron chi connectivity index (χ0n) is 9.46. The maximum atomic E-state index is 4.37. The second-order valence-electron chi connectivity index (χ2n) is 3.80. The lowest BCUT2D eigenvalue weighted by Gasteiger charge is -2.12. The fraction of sp³-hybridized carbons (Fsp3) is 0.636. The van der Waals surface area contributed by atoms with Gasteiger partial charge < -0.3 is 5.32 Å². The minimum atomic E-state index is 0.446. The van der Waals surface area contributed by atoms with Gasteiger partial charge in [0.15, 0.2) is 0 Å². The molecule has 0 saturated heterocycles. The van der Waals surface area contributed by atoms with E-state index in [1.807, 2.05) is 20.0 Å². The molecule has 0 aliphatic heterocycles. The van der Waals surface area contributed by atoms with Gasteiger partial charge in [0.2, 0.25) is 5.95 Å². The lowest BCUT2D eigenvalue weighted by molar-refractivity contribution is 0.683. The first kappa shape index (κ1) is 11.0. The van der Waals surface area contributed by atoms with Crippen molar-refractivity contribution >= 4 is 5.95 Å². The summed E-state index contributed by atoms with van der Waals surface area (Å²) in [6.07, 6.45) is 4.19. The summed E-state index contributed by atoms with van der Waals surface area (Å²) < 4.78 is 0. The molecular formula is C11H19N3. The first-order valence-electron chi connectivity index (χ1n) is 5.20. The number of aromatic nitrogens is 2. The van der Waals surface area contributed by atoms with E-state index >= 15 is 0 Å². The Bertz CT molecular complexity index is 297. The van der Waals surface area contributed by atoms with Gasteiger partial charge in [0.1, 0.15) is 0 Å². The van der Waals surface area contributed by atoms with Gasteiger partial charge in [-0.25, -0.2) is 9.97 Å². The van der Waals surface area contributed by atoms with Crippen LogP contribution in [0.3, 0.4) is 0 Å². The molecule has 78 valence electrons. The van der Waals surface area contributed by atoms with Crippen LogP contribution in [0.2, 0.25) is 0 Å². The number of aryl methyl sites for hydroxylation is 2. The Kier molecular flexibility index (Phi) is 3.86. The van der Waals surface area contributed by atoms with Crippen molar-refractivity contribution in [3.63, 3.8) is 0 Å². The highest BCUT2D eigenvalue weighted by molar-refractivity contribution is 5.29. The quantitative estimate of drug-likeness (QED) is 0.799. The molecule has 3 heteroatoms. The third-order valence-electron chi connectivity index (χ3n) is 2.32. The molecule has 1 unspecified atom stereocenters. The molecule has 0 spiro atoms. The van der Waals surface area contributed by atoms with E-state index in [2.05, 4.69) is 29.1 Å². The van der Waals surface area contributed by atoms with E-state index in [0.717, 1.165) is 23.6 Å². The van der Waals surface area contributed by atoms with Crippen molar-refractivity contribution < 1.29 is 0 Å². The minimum absolute atomic E-state index is 0.446. The highest BCUT2D eigenvalue weighted by Gasteiger charge is 2.03. The summed E-state index contributed by atoms with van der Waals surface area (Å²) in [5.41, 5.74) is 2.19. The van der Waals surface area contributed by atoms with Crippen LogP contribution in [0.15, 0.2) is 6.20 Å². The average Bonchev–Trinajstić information content (AvgIpc) is 2.12. The van der Waals surface area contributed by atoms with Crippen molar-refractivity contribution in [2.75, 3.05) is 5.32 Å². The molecule has 1 atom stereocenters. The minimum Gasteiger partial charge on any atom is -0.352 e. The van der Waals surface area contributed by atoms with E-state index in [1.165, 1.54) is 6.42 Å². The first-order chi connectivity index (χ1) is 6.63. The third-order valence-corrected chi connectivity index (χ3v) is 2.32. The molecule has 0 aliphatic carbocycles. The molecule has 1 rings (SSSR count). The Hall–Kier alpha value is -1.12. The molecule has 0 fully saturated rings. The van der Waals surface area contributed by atoms with Crippen LogP contribution in [-0.4, -0.2) is 16.0 Å². The predicted octanol–water partition coefficient (Wildman–Crippen LogP) is 2.69. The van der Waals surface area contributed by atoms with Crippen LogP contribution in [0.1, 0.15) is 37.9 Å². The van der Waals surface area contributed by atoms with Gasteiger partial charge >= 0.3 is 0 Å². The number of rotatable bonds is 4. The highest BCUT2D eigenvalue weighted by atomic mass is 15.1. The van der Waals surface area contributed by atoms with Gasteiger partial charge in [-0.05, 0) is 32.8 Å².